The minimum Gasteiger partial charge on any atom is -0.493 e. The van der Waals surface area contributed by atoms with Crippen molar-refractivity contribution >= 4 is 7.25 Å². The Morgan fingerprint density at radius 2 is 1.44 bits per heavy atom. The van der Waals surface area contributed by atoms with Crippen LogP contribution in [0.3, 0.4) is 0 Å². The predicted molar refractivity (Wildman–Crippen MR) is 90.0 cm³/mol. The van der Waals surface area contributed by atoms with E-state index in [1.165, 1.54) is 20.0 Å². The molecule has 0 aliphatic carbocycles. The molecule has 0 aliphatic heterocycles. The molecule has 1 atom stereocenters. The molecule has 1 nitrogen and oxygen atoms in total. The van der Waals surface area contributed by atoms with Crippen LogP contribution in [0.5, 0.6) is 5.75 Å². The van der Waals surface area contributed by atoms with Gasteiger partial charge in [-0.25, -0.2) is 0 Å². The Morgan fingerprint density at radius 1 is 0.920 bits per heavy atom. The molecule has 0 spiro atoms. The zero-order valence-corrected chi connectivity index (χ0v) is 16.4. The molecule has 0 amide bonds. The summed E-state index contributed by atoms with van der Waals surface area (Å²) < 4.78 is 47.7. The van der Waals surface area contributed by atoms with Crippen molar-refractivity contribution in [3.05, 3.63) is 61.7 Å². The lowest BCUT2D eigenvalue weighted by atomic mass is 10.1. The minimum absolute atomic E-state index is 0.0682. The summed E-state index contributed by atoms with van der Waals surface area (Å²) in [5, 5.41) is 0. The average molecular weight is 468 g/mol. The van der Waals surface area contributed by atoms with Crippen LogP contribution < -0.4 is 25.9 Å². The Balaban J connectivity index is 0.000000550. The van der Waals surface area contributed by atoms with Gasteiger partial charge in [-0.15, -0.1) is 0 Å². The highest BCUT2D eigenvalue weighted by atomic mass is 127. The van der Waals surface area contributed by atoms with Crippen molar-refractivity contribution in [2.45, 2.75) is 26.7 Å². The second kappa shape index (κ2) is 11.4. The molecule has 25 heavy (non-hydrogen) atoms. The van der Waals surface area contributed by atoms with Crippen LogP contribution in [0.1, 0.15) is 26.7 Å². The van der Waals surface area contributed by atoms with Crippen molar-refractivity contribution in [1.29, 1.82) is 0 Å². The van der Waals surface area contributed by atoms with Crippen molar-refractivity contribution in [2.75, 3.05) is 6.61 Å². The van der Waals surface area contributed by atoms with E-state index in [0.717, 1.165) is 12.4 Å². The van der Waals surface area contributed by atoms with Crippen molar-refractivity contribution in [3.8, 4) is 5.75 Å². The molecule has 0 saturated heterocycles. The Kier molecular flexibility index (Phi) is 9.93. The topological polar surface area (TPSA) is 9.23 Å². The molecule has 0 fully saturated rings. The molecule has 2 aromatic carbocycles. The zero-order valence-electron chi connectivity index (χ0n) is 14.3. The Morgan fingerprint density at radius 3 is 1.96 bits per heavy atom. The monoisotopic (exact) mass is 468 g/mol. The van der Waals surface area contributed by atoms with E-state index < -0.39 is 7.25 Å². The summed E-state index contributed by atoms with van der Waals surface area (Å²) in [6, 6.07) is 19.4. The van der Waals surface area contributed by atoms with E-state index in [2.05, 4.69) is 68.4 Å². The molecule has 1 unspecified atom stereocenters. The van der Waals surface area contributed by atoms with Crippen LogP contribution in [0.25, 0.3) is 0 Å². The molecule has 0 saturated carbocycles. The van der Waals surface area contributed by atoms with E-state index in [1.807, 2.05) is 0 Å². The Hall–Kier alpha value is -1.25. The fourth-order valence-electron chi connectivity index (χ4n) is 2.01. The van der Waals surface area contributed by atoms with E-state index in [9.17, 15) is 17.3 Å². The number of halogens is 5. The first-order valence-electron chi connectivity index (χ1n) is 8.08. The van der Waals surface area contributed by atoms with Gasteiger partial charge in [0, 0.05) is 0 Å². The van der Waals surface area contributed by atoms with Gasteiger partial charge in [0.25, 0.3) is 0 Å². The van der Waals surface area contributed by atoms with Crippen molar-refractivity contribution < 1.29 is 43.2 Å². The minimum atomic E-state index is -6.00. The quantitative estimate of drug-likeness (QED) is 0.345. The maximum Gasteiger partial charge on any atom is 0.673 e. The molecule has 0 aromatic heterocycles. The SMILES string of the molecule is CCCC(C)COc1ccc([I+]c2ccccc2)cc1.F[B-](F)(F)F. The highest BCUT2D eigenvalue weighted by Gasteiger charge is 2.20. The standard InChI is InChI=1S/C18H22IO.BF4/c1-3-7-15(2)14-20-18-12-10-17(11-13-18)19-16-8-5-4-6-9-16;2-1(3,4)5/h4-6,8-13,15H,3,7,14H2,1-2H3;/q+1;-1. The van der Waals surface area contributed by atoms with Gasteiger partial charge < -0.3 is 22.0 Å². The fourth-order valence-corrected chi connectivity index (χ4v) is 4.23. The molecule has 2 aromatic rings. The lowest BCUT2D eigenvalue weighted by molar-refractivity contribution is -0.597. The summed E-state index contributed by atoms with van der Waals surface area (Å²) in [5.41, 5.74) is 0. The van der Waals surface area contributed by atoms with Gasteiger partial charge in [0.05, 0.1) is 6.61 Å². The first-order chi connectivity index (χ1) is 11.8. The molecule has 0 bridgehead atoms. The Bertz CT molecular complexity index is 584. The summed E-state index contributed by atoms with van der Waals surface area (Å²) in [6.45, 7) is 5.29. The molecule has 0 radical (unpaired) electrons. The maximum atomic E-state index is 9.75. The third kappa shape index (κ3) is 11.9. The van der Waals surface area contributed by atoms with Gasteiger partial charge in [-0.05, 0) is 48.7 Å². The number of hydrogen-bond acceptors (Lipinski definition) is 1. The van der Waals surface area contributed by atoms with E-state index in [4.69, 9.17) is 4.74 Å². The van der Waals surface area contributed by atoms with Crippen molar-refractivity contribution in [2.24, 2.45) is 5.92 Å². The second-order valence-corrected chi connectivity index (χ2v) is 8.57. The van der Waals surface area contributed by atoms with E-state index in [1.54, 1.807) is 0 Å². The summed E-state index contributed by atoms with van der Waals surface area (Å²) in [6.07, 6.45) is 2.46. The second-order valence-electron chi connectivity index (χ2n) is 5.54. The number of benzene rings is 2. The summed E-state index contributed by atoms with van der Waals surface area (Å²) in [5.74, 6) is 1.63. The van der Waals surface area contributed by atoms with E-state index in [0.29, 0.717) is 5.92 Å². The lowest BCUT2D eigenvalue weighted by Crippen LogP contribution is -3.61. The van der Waals surface area contributed by atoms with E-state index in [-0.39, 0.29) is 21.2 Å². The van der Waals surface area contributed by atoms with Gasteiger partial charge in [0.15, 0.2) is 7.14 Å². The first kappa shape index (κ1) is 21.8. The third-order valence-corrected chi connectivity index (χ3v) is 5.76. The number of hydrogen-bond donors (Lipinski definition) is 0. The zero-order chi connectivity index (χ0) is 18.7. The van der Waals surface area contributed by atoms with Crippen LogP contribution in [0.15, 0.2) is 54.6 Å². The molecule has 0 aliphatic rings. The molecule has 138 valence electrons. The molecular weight excluding hydrogens is 446 g/mol. The summed E-state index contributed by atoms with van der Waals surface area (Å²) >= 11 is -0.0682. The summed E-state index contributed by atoms with van der Waals surface area (Å²) in [7, 11) is -6.00. The fraction of sp³-hybridized carbons (Fsp3) is 0.333. The molecule has 2 rings (SSSR count). The van der Waals surface area contributed by atoms with Gasteiger partial charge in [-0.1, -0.05) is 38.5 Å². The first-order valence-corrected chi connectivity index (χ1v) is 10.2. The van der Waals surface area contributed by atoms with Gasteiger partial charge in [0.2, 0.25) is 0 Å². The van der Waals surface area contributed by atoms with Crippen LogP contribution >= 0.6 is 0 Å². The van der Waals surface area contributed by atoms with E-state index >= 15 is 0 Å². The average Bonchev–Trinajstić information content (AvgIpc) is 2.54. The predicted octanol–water partition coefficient (Wildman–Crippen LogP) is 2.93. The van der Waals surface area contributed by atoms with Crippen LogP contribution in [0.4, 0.5) is 17.3 Å². The van der Waals surface area contributed by atoms with Gasteiger partial charge >= 0.3 is 28.5 Å². The smallest absolute Gasteiger partial charge is 0.493 e. The van der Waals surface area contributed by atoms with Crippen molar-refractivity contribution in [3.63, 3.8) is 0 Å². The van der Waals surface area contributed by atoms with Gasteiger partial charge in [-0.3, -0.25) is 0 Å². The maximum absolute atomic E-state index is 9.75. The molecule has 0 heterocycles. The van der Waals surface area contributed by atoms with Crippen molar-refractivity contribution in [1.82, 2.24) is 0 Å². The van der Waals surface area contributed by atoms with Crippen LogP contribution in [-0.4, -0.2) is 13.9 Å². The Labute approximate surface area is 157 Å². The highest BCUT2D eigenvalue weighted by Crippen LogP contribution is 2.12. The third-order valence-electron chi connectivity index (χ3n) is 3.08. The largest absolute Gasteiger partial charge is 0.673 e. The lowest BCUT2D eigenvalue weighted by Gasteiger charge is -2.11. The van der Waals surface area contributed by atoms with Gasteiger partial charge in [0.1, 0.15) is 5.75 Å². The summed E-state index contributed by atoms with van der Waals surface area (Å²) in [4.78, 5) is 0. The molecular formula is C18H22BF4IO. The molecule has 0 N–H and O–H groups in total. The number of ether oxygens (including phenoxy) is 1. The van der Waals surface area contributed by atoms with Crippen LogP contribution in [0.2, 0.25) is 0 Å². The van der Waals surface area contributed by atoms with Crippen LogP contribution in [0, 0.1) is 13.1 Å². The normalized spacial score (nSPS) is 12.1. The molecule has 7 heteroatoms. The number of rotatable bonds is 7. The van der Waals surface area contributed by atoms with Crippen LogP contribution in [-0.2, 0) is 0 Å². The highest BCUT2D eigenvalue weighted by molar-refractivity contribution is 6.50. The van der Waals surface area contributed by atoms with Gasteiger partial charge in [-0.2, -0.15) is 0 Å².